The number of rotatable bonds is 5. The molecular weight excluding hydrogens is 387 g/mol. The van der Waals surface area contributed by atoms with Gasteiger partial charge in [-0.15, -0.1) is 11.3 Å². The molecule has 29 heavy (non-hydrogen) atoms. The molecule has 4 rings (SSSR count). The first-order valence-corrected chi connectivity index (χ1v) is 10.1. The van der Waals surface area contributed by atoms with Gasteiger partial charge < -0.3 is 5.32 Å². The van der Waals surface area contributed by atoms with Crippen LogP contribution >= 0.6 is 11.3 Å². The van der Waals surface area contributed by atoms with Gasteiger partial charge in [0.05, 0.1) is 12.1 Å². The summed E-state index contributed by atoms with van der Waals surface area (Å²) >= 11 is 1.39. The lowest BCUT2D eigenvalue weighted by Crippen LogP contribution is -2.32. The molecule has 4 nitrogen and oxygen atoms in total. The minimum atomic E-state index is -0.456. The highest BCUT2D eigenvalue weighted by atomic mass is 32.1. The number of thiophene rings is 1. The Bertz CT molecular complexity index is 1140. The van der Waals surface area contributed by atoms with Crippen molar-refractivity contribution in [3.8, 4) is 0 Å². The summed E-state index contributed by atoms with van der Waals surface area (Å²) < 4.78 is 14.1. The zero-order valence-electron chi connectivity index (χ0n) is 16.0. The van der Waals surface area contributed by atoms with Crippen molar-refractivity contribution in [2.45, 2.75) is 20.4 Å². The van der Waals surface area contributed by atoms with Crippen molar-refractivity contribution in [2.75, 3.05) is 5.32 Å². The van der Waals surface area contributed by atoms with Crippen molar-refractivity contribution in [3.63, 3.8) is 0 Å². The number of benzene rings is 2. The molecule has 1 aromatic heterocycles. The molecule has 0 saturated carbocycles. The Labute approximate surface area is 172 Å². The molecule has 0 unspecified atom stereocenters. The molecule has 3 aromatic rings. The van der Waals surface area contributed by atoms with Gasteiger partial charge in [-0.25, -0.2) is 4.39 Å². The van der Waals surface area contributed by atoms with Crippen LogP contribution in [0, 0.1) is 19.7 Å². The summed E-state index contributed by atoms with van der Waals surface area (Å²) in [7, 11) is 0. The summed E-state index contributed by atoms with van der Waals surface area (Å²) in [5, 5.41) is 5.04. The van der Waals surface area contributed by atoms with Gasteiger partial charge in [-0.1, -0.05) is 36.4 Å². The minimum absolute atomic E-state index is 0.114. The van der Waals surface area contributed by atoms with Gasteiger partial charge in [0.1, 0.15) is 11.5 Å². The lowest BCUT2D eigenvalue weighted by Gasteiger charge is -2.16. The van der Waals surface area contributed by atoms with Crippen LogP contribution in [0.1, 0.15) is 21.6 Å². The number of hydrogen-bond donors (Lipinski definition) is 1. The maximum atomic E-state index is 14.1. The second-order valence-electron chi connectivity index (χ2n) is 6.96. The van der Waals surface area contributed by atoms with Gasteiger partial charge in [0.2, 0.25) is 0 Å². The number of hydrogen-bond acceptors (Lipinski definition) is 4. The largest absolute Gasteiger partial charge is 0.350 e. The molecule has 2 aromatic carbocycles. The van der Waals surface area contributed by atoms with Crippen LogP contribution < -0.4 is 5.32 Å². The van der Waals surface area contributed by atoms with Gasteiger partial charge in [0.15, 0.2) is 0 Å². The Hall–Kier alpha value is -3.25. The van der Waals surface area contributed by atoms with E-state index in [0.29, 0.717) is 16.0 Å². The number of amides is 2. The van der Waals surface area contributed by atoms with E-state index < -0.39 is 17.6 Å². The van der Waals surface area contributed by atoms with Crippen molar-refractivity contribution < 1.29 is 14.0 Å². The first kappa shape index (κ1) is 19.1. The summed E-state index contributed by atoms with van der Waals surface area (Å²) in [6, 6.07) is 15.7. The molecule has 0 atom stereocenters. The van der Waals surface area contributed by atoms with Gasteiger partial charge >= 0.3 is 0 Å². The predicted molar refractivity (Wildman–Crippen MR) is 113 cm³/mol. The van der Waals surface area contributed by atoms with E-state index in [1.807, 2.05) is 49.6 Å². The van der Waals surface area contributed by atoms with Crippen LogP contribution in [0.15, 0.2) is 65.7 Å². The number of carbonyl (C=O) groups excluding carboxylic acids is 2. The molecule has 0 spiro atoms. The molecule has 0 bridgehead atoms. The Morgan fingerprint density at radius 3 is 2.52 bits per heavy atom. The van der Waals surface area contributed by atoms with E-state index in [0.717, 1.165) is 21.7 Å². The molecule has 1 N–H and O–H groups in total. The average molecular weight is 406 g/mol. The highest BCUT2D eigenvalue weighted by molar-refractivity contribution is 7.11. The lowest BCUT2D eigenvalue weighted by atomic mass is 10.1. The summed E-state index contributed by atoms with van der Waals surface area (Å²) in [6.07, 6.45) is 0. The second kappa shape index (κ2) is 7.64. The number of imide groups is 1. The third-order valence-electron chi connectivity index (χ3n) is 4.87. The Kier molecular flexibility index (Phi) is 5.03. The zero-order valence-corrected chi connectivity index (χ0v) is 16.8. The Morgan fingerprint density at radius 2 is 1.79 bits per heavy atom. The van der Waals surface area contributed by atoms with E-state index in [1.54, 1.807) is 18.2 Å². The SMILES string of the molecule is Cc1ccc(C)c(NC2=C(c3cccs3)C(=O)N(Cc3ccccc3F)C2=O)c1. The van der Waals surface area contributed by atoms with E-state index >= 15 is 0 Å². The summed E-state index contributed by atoms with van der Waals surface area (Å²) in [4.78, 5) is 28.2. The quantitative estimate of drug-likeness (QED) is 0.614. The van der Waals surface area contributed by atoms with Crippen LogP contribution in [-0.4, -0.2) is 16.7 Å². The fourth-order valence-electron chi connectivity index (χ4n) is 3.29. The molecule has 146 valence electrons. The van der Waals surface area contributed by atoms with Crippen molar-refractivity contribution in [1.29, 1.82) is 0 Å². The van der Waals surface area contributed by atoms with E-state index in [-0.39, 0.29) is 12.2 Å². The van der Waals surface area contributed by atoms with E-state index in [1.165, 1.54) is 17.4 Å². The van der Waals surface area contributed by atoms with E-state index in [9.17, 15) is 14.0 Å². The number of anilines is 1. The van der Waals surface area contributed by atoms with Crippen LogP contribution in [0.25, 0.3) is 5.57 Å². The number of aryl methyl sites for hydroxylation is 2. The molecule has 1 aliphatic heterocycles. The van der Waals surface area contributed by atoms with Gasteiger partial charge in [-0.2, -0.15) is 0 Å². The molecule has 1 aliphatic rings. The number of nitrogens with one attached hydrogen (secondary N) is 1. The van der Waals surface area contributed by atoms with Gasteiger partial charge in [-0.05, 0) is 48.6 Å². The molecule has 0 aliphatic carbocycles. The summed E-state index contributed by atoms with van der Waals surface area (Å²) in [6.45, 7) is 3.79. The standard InChI is InChI=1S/C23H19FN2O2S/c1-14-9-10-15(2)18(12-14)25-21-20(19-8-5-11-29-19)22(27)26(23(21)28)13-16-6-3-4-7-17(16)24/h3-12,25H,13H2,1-2H3. The molecule has 0 saturated heterocycles. The predicted octanol–water partition coefficient (Wildman–Crippen LogP) is 4.90. The van der Waals surface area contributed by atoms with Gasteiger partial charge in [0.25, 0.3) is 11.8 Å². The Balaban J connectivity index is 1.75. The first-order valence-electron chi connectivity index (χ1n) is 9.17. The third kappa shape index (κ3) is 3.59. The van der Waals surface area contributed by atoms with E-state index in [2.05, 4.69) is 5.32 Å². The number of halogens is 1. The summed E-state index contributed by atoms with van der Waals surface area (Å²) in [5.41, 5.74) is 3.61. The average Bonchev–Trinajstić information content (AvgIpc) is 3.29. The fourth-order valence-corrected chi connectivity index (χ4v) is 4.06. The normalized spacial score (nSPS) is 14.1. The van der Waals surface area contributed by atoms with Crippen molar-refractivity contribution in [3.05, 3.63) is 93.1 Å². The van der Waals surface area contributed by atoms with Crippen LogP contribution in [0.5, 0.6) is 0 Å². The molecule has 6 heteroatoms. The van der Waals surface area contributed by atoms with Crippen molar-refractivity contribution in [2.24, 2.45) is 0 Å². The highest BCUT2D eigenvalue weighted by Crippen LogP contribution is 2.34. The van der Waals surface area contributed by atoms with Crippen LogP contribution in [0.3, 0.4) is 0 Å². The van der Waals surface area contributed by atoms with Crippen LogP contribution in [0.2, 0.25) is 0 Å². The second-order valence-corrected chi connectivity index (χ2v) is 7.91. The fraction of sp³-hybridized carbons (Fsp3) is 0.130. The van der Waals surface area contributed by atoms with Crippen LogP contribution in [0.4, 0.5) is 10.1 Å². The lowest BCUT2D eigenvalue weighted by molar-refractivity contribution is -0.137. The third-order valence-corrected chi connectivity index (χ3v) is 5.76. The zero-order chi connectivity index (χ0) is 20.5. The van der Waals surface area contributed by atoms with E-state index in [4.69, 9.17) is 0 Å². The molecule has 0 radical (unpaired) electrons. The topological polar surface area (TPSA) is 49.4 Å². The maximum absolute atomic E-state index is 14.1. The first-order chi connectivity index (χ1) is 14.0. The Morgan fingerprint density at radius 1 is 1.00 bits per heavy atom. The smallest absolute Gasteiger partial charge is 0.278 e. The highest BCUT2D eigenvalue weighted by Gasteiger charge is 2.40. The van der Waals surface area contributed by atoms with Crippen molar-refractivity contribution >= 4 is 34.4 Å². The van der Waals surface area contributed by atoms with Gasteiger partial charge in [0, 0.05) is 16.1 Å². The molecule has 2 amide bonds. The van der Waals surface area contributed by atoms with Gasteiger partial charge in [-0.3, -0.25) is 14.5 Å². The molecule has 2 heterocycles. The van der Waals surface area contributed by atoms with Crippen LogP contribution in [-0.2, 0) is 16.1 Å². The van der Waals surface area contributed by atoms with Crippen molar-refractivity contribution in [1.82, 2.24) is 4.90 Å². The molecular formula is C23H19FN2O2S. The number of nitrogens with zero attached hydrogens (tertiary/aromatic N) is 1. The summed E-state index contributed by atoms with van der Waals surface area (Å²) in [5.74, 6) is -1.32. The minimum Gasteiger partial charge on any atom is -0.350 e. The molecule has 0 fully saturated rings. The monoisotopic (exact) mass is 406 g/mol. The number of carbonyl (C=O) groups is 2. The maximum Gasteiger partial charge on any atom is 0.278 e.